The van der Waals surface area contributed by atoms with Crippen LogP contribution < -0.4 is 14.8 Å². The normalized spacial score (nSPS) is 10.5. The standard InChI is InChI=1S/C20H19ClN2O4/c1-12-4-6-14(21)9-16(12)22-20(24)11-15-10-18(27-23-15)13-5-7-17(25-2)19(8-13)26-3/h4-10H,11H2,1-3H3,(H,22,24). The Morgan fingerprint density at radius 2 is 1.89 bits per heavy atom. The van der Waals surface area contributed by atoms with Crippen LogP contribution >= 0.6 is 11.6 Å². The van der Waals surface area contributed by atoms with Gasteiger partial charge in [0.25, 0.3) is 0 Å². The number of benzene rings is 2. The maximum Gasteiger partial charge on any atom is 0.230 e. The summed E-state index contributed by atoms with van der Waals surface area (Å²) in [7, 11) is 3.14. The second kappa shape index (κ2) is 8.14. The summed E-state index contributed by atoms with van der Waals surface area (Å²) in [6.07, 6.45) is 0.0861. The van der Waals surface area contributed by atoms with Gasteiger partial charge in [0.1, 0.15) is 0 Å². The van der Waals surface area contributed by atoms with Crippen LogP contribution in [0.2, 0.25) is 5.02 Å². The van der Waals surface area contributed by atoms with E-state index in [1.165, 1.54) is 0 Å². The lowest BCUT2D eigenvalue weighted by atomic mass is 10.1. The summed E-state index contributed by atoms with van der Waals surface area (Å²) in [5.41, 5.74) is 2.91. The number of methoxy groups -OCH3 is 2. The molecule has 0 saturated heterocycles. The number of rotatable bonds is 6. The molecule has 1 heterocycles. The highest BCUT2D eigenvalue weighted by Gasteiger charge is 2.14. The molecule has 7 heteroatoms. The molecule has 3 rings (SSSR count). The first-order valence-corrected chi connectivity index (χ1v) is 8.62. The summed E-state index contributed by atoms with van der Waals surface area (Å²) in [4.78, 5) is 12.3. The number of hydrogen-bond acceptors (Lipinski definition) is 5. The van der Waals surface area contributed by atoms with E-state index in [4.69, 9.17) is 25.6 Å². The van der Waals surface area contributed by atoms with E-state index in [0.29, 0.717) is 33.7 Å². The molecule has 0 fully saturated rings. The Balaban J connectivity index is 1.72. The summed E-state index contributed by atoms with van der Waals surface area (Å²) < 4.78 is 15.9. The summed E-state index contributed by atoms with van der Waals surface area (Å²) in [6.45, 7) is 1.90. The van der Waals surface area contributed by atoms with Crippen molar-refractivity contribution in [2.75, 3.05) is 19.5 Å². The molecule has 0 spiro atoms. The number of hydrogen-bond donors (Lipinski definition) is 1. The molecular formula is C20H19ClN2O4. The molecule has 0 saturated carbocycles. The van der Waals surface area contributed by atoms with Crippen molar-refractivity contribution < 1.29 is 18.8 Å². The number of amides is 1. The Hall–Kier alpha value is -2.99. The van der Waals surface area contributed by atoms with E-state index in [0.717, 1.165) is 11.1 Å². The summed E-state index contributed by atoms with van der Waals surface area (Å²) in [5.74, 6) is 1.55. The van der Waals surface area contributed by atoms with Crippen LogP contribution in [0.15, 0.2) is 47.0 Å². The first-order valence-electron chi connectivity index (χ1n) is 8.24. The average Bonchev–Trinajstić information content (AvgIpc) is 3.12. The minimum absolute atomic E-state index is 0.0861. The molecule has 0 bridgehead atoms. The van der Waals surface area contributed by atoms with Gasteiger partial charge in [-0.1, -0.05) is 22.8 Å². The monoisotopic (exact) mass is 386 g/mol. The van der Waals surface area contributed by atoms with Gasteiger partial charge in [0.2, 0.25) is 5.91 Å². The molecule has 0 radical (unpaired) electrons. The van der Waals surface area contributed by atoms with Gasteiger partial charge in [-0.15, -0.1) is 0 Å². The van der Waals surface area contributed by atoms with Crippen LogP contribution in [0.5, 0.6) is 11.5 Å². The molecule has 0 aliphatic carbocycles. The SMILES string of the molecule is COc1ccc(-c2cc(CC(=O)Nc3cc(Cl)ccc3C)no2)cc1OC. The first-order chi connectivity index (χ1) is 13.0. The number of aryl methyl sites for hydroxylation is 1. The Kier molecular flexibility index (Phi) is 5.66. The van der Waals surface area contributed by atoms with Crippen LogP contribution in [0, 0.1) is 6.92 Å². The largest absolute Gasteiger partial charge is 0.493 e. The number of carbonyl (C=O) groups is 1. The second-order valence-electron chi connectivity index (χ2n) is 5.94. The summed E-state index contributed by atoms with van der Waals surface area (Å²) in [5, 5.41) is 7.38. The Bertz CT molecular complexity index is 968. The third-order valence-electron chi connectivity index (χ3n) is 4.04. The number of ether oxygens (including phenoxy) is 2. The van der Waals surface area contributed by atoms with E-state index in [9.17, 15) is 4.79 Å². The van der Waals surface area contributed by atoms with Crippen LogP contribution in [0.1, 0.15) is 11.3 Å². The Morgan fingerprint density at radius 3 is 2.63 bits per heavy atom. The molecular weight excluding hydrogens is 368 g/mol. The van der Waals surface area contributed by atoms with Crippen LogP contribution in [-0.2, 0) is 11.2 Å². The van der Waals surface area contributed by atoms with Crippen molar-refractivity contribution in [2.45, 2.75) is 13.3 Å². The number of nitrogens with zero attached hydrogens (tertiary/aromatic N) is 1. The first kappa shape index (κ1) is 18.8. The fourth-order valence-electron chi connectivity index (χ4n) is 2.61. The lowest BCUT2D eigenvalue weighted by molar-refractivity contribution is -0.115. The molecule has 0 aliphatic heterocycles. The van der Waals surface area contributed by atoms with Crippen LogP contribution in [0.25, 0.3) is 11.3 Å². The van der Waals surface area contributed by atoms with Gasteiger partial charge in [-0.3, -0.25) is 4.79 Å². The minimum Gasteiger partial charge on any atom is -0.493 e. The van der Waals surface area contributed by atoms with Gasteiger partial charge >= 0.3 is 0 Å². The maximum atomic E-state index is 12.3. The van der Waals surface area contributed by atoms with Gasteiger partial charge in [-0.25, -0.2) is 0 Å². The smallest absolute Gasteiger partial charge is 0.230 e. The number of aromatic nitrogens is 1. The fourth-order valence-corrected chi connectivity index (χ4v) is 2.78. The van der Waals surface area contributed by atoms with Crippen LogP contribution in [-0.4, -0.2) is 25.3 Å². The number of nitrogens with one attached hydrogen (secondary N) is 1. The molecule has 1 amide bonds. The zero-order valence-corrected chi connectivity index (χ0v) is 16.0. The molecule has 1 aromatic heterocycles. The van der Waals surface area contributed by atoms with E-state index >= 15 is 0 Å². The third-order valence-corrected chi connectivity index (χ3v) is 4.28. The highest BCUT2D eigenvalue weighted by molar-refractivity contribution is 6.31. The van der Waals surface area contributed by atoms with E-state index in [1.807, 2.05) is 19.1 Å². The average molecular weight is 387 g/mol. The highest BCUT2D eigenvalue weighted by Crippen LogP contribution is 2.32. The van der Waals surface area contributed by atoms with E-state index < -0.39 is 0 Å². The summed E-state index contributed by atoms with van der Waals surface area (Å²) >= 11 is 5.98. The van der Waals surface area contributed by atoms with Gasteiger partial charge in [-0.2, -0.15) is 0 Å². The third kappa shape index (κ3) is 4.41. The minimum atomic E-state index is -0.201. The van der Waals surface area contributed by atoms with E-state index in [-0.39, 0.29) is 12.3 Å². The maximum absolute atomic E-state index is 12.3. The van der Waals surface area contributed by atoms with Crippen LogP contribution in [0.3, 0.4) is 0 Å². The van der Waals surface area contributed by atoms with Gasteiger partial charge < -0.3 is 19.3 Å². The molecule has 1 N–H and O–H groups in total. The molecule has 140 valence electrons. The fraction of sp³-hybridized carbons (Fsp3) is 0.200. The predicted octanol–water partition coefficient (Wildman–Crippen LogP) is 4.50. The zero-order valence-electron chi connectivity index (χ0n) is 15.2. The van der Waals surface area contributed by atoms with Crippen molar-refractivity contribution in [2.24, 2.45) is 0 Å². The number of halogens is 1. The second-order valence-corrected chi connectivity index (χ2v) is 6.37. The van der Waals surface area contributed by atoms with Gasteiger partial charge in [0.05, 0.1) is 26.3 Å². The molecule has 6 nitrogen and oxygen atoms in total. The molecule has 0 unspecified atom stereocenters. The van der Waals surface area contributed by atoms with Gasteiger partial charge in [0.15, 0.2) is 17.3 Å². The van der Waals surface area contributed by atoms with Crippen molar-refractivity contribution in [1.82, 2.24) is 5.16 Å². The summed E-state index contributed by atoms with van der Waals surface area (Å²) in [6, 6.07) is 12.5. The molecule has 3 aromatic rings. The van der Waals surface area contributed by atoms with E-state index in [2.05, 4.69) is 10.5 Å². The molecule has 0 atom stereocenters. The quantitative estimate of drug-likeness (QED) is 0.675. The van der Waals surface area contributed by atoms with Crippen LogP contribution in [0.4, 0.5) is 5.69 Å². The Morgan fingerprint density at radius 1 is 1.11 bits per heavy atom. The van der Waals surface area contributed by atoms with Crippen molar-refractivity contribution in [1.29, 1.82) is 0 Å². The van der Waals surface area contributed by atoms with Crippen molar-refractivity contribution in [3.63, 3.8) is 0 Å². The zero-order chi connectivity index (χ0) is 19.4. The molecule has 0 aliphatic rings. The highest BCUT2D eigenvalue weighted by atomic mass is 35.5. The number of carbonyl (C=O) groups excluding carboxylic acids is 1. The number of anilines is 1. The van der Waals surface area contributed by atoms with Crippen molar-refractivity contribution in [3.05, 3.63) is 58.7 Å². The van der Waals surface area contributed by atoms with Gasteiger partial charge in [-0.05, 0) is 42.8 Å². The van der Waals surface area contributed by atoms with Crippen molar-refractivity contribution in [3.8, 4) is 22.8 Å². The van der Waals surface area contributed by atoms with Crippen molar-refractivity contribution >= 4 is 23.2 Å². The van der Waals surface area contributed by atoms with E-state index in [1.54, 1.807) is 44.6 Å². The van der Waals surface area contributed by atoms with Gasteiger partial charge in [0, 0.05) is 22.3 Å². The molecule has 27 heavy (non-hydrogen) atoms. The lowest BCUT2D eigenvalue weighted by Gasteiger charge is -2.08. The lowest BCUT2D eigenvalue weighted by Crippen LogP contribution is -2.15. The Labute approximate surface area is 162 Å². The topological polar surface area (TPSA) is 73.6 Å². The predicted molar refractivity (Wildman–Crippen MR) is 104 cm³/mol. The molecule has 2 aromatic carbocycles.